The number of aromatic nitrogens is 3. The summed E-state index contributed by atoms with van der Waals surface area (Å²) >= 11 is 0. The van der Waals surface area contributed by atoms with Crippen LogP contribution in [0.1, 0.15) is 47.2 Å². The lowest BCUT2D eigenvalue weighted by Crippen LogP contribution is -2.20. The number of ether oxygens (including phenoxy) is 4. The van der Waals surface area contributed by atoms with E-state index in [0.717, 1.165) is 11.6 Å². The standard InChI is InChI=1S/C30H32N6O7/c1-4-41-25-17-20(11-14-24(25)42-16-15-40-3)26(33-21-12-9-19(10-13-21)27(31)32)28-34-30(39)36(35-28)23-8-6-5-7-22(23)29(38)43-18(2)37/h5-14,17,26,33H,4,15-16H2,1-3H3,(H3,31,32)(H,34,35,39). The van der Waals surface area contributed by atoms with Crippen LogP contribution in [0.2, 0.25) is 0 Å². The van der Waals surface area contributed by atoms with Gasteiger partial charge < -0.3 is 30.0 Å². The maximum Gasteiger partial charge on any atom is 0.348 e. The van der Waals surface area contributed by atoms with Crippen LogP contribution in [0.3, 0.4) is 0 Å². The summed E-state index contributed by atoms with van der Waals surface area (Å²) in [5.74, 6) is -0.553. The number of carbonyl (C=O) groups excluding carboxylic acids is 2. The summed E-state index contributed by atoms with van der Waals surface area (Å²) in [5.41, 5.74) is 6.96. The molecule has 0 saturated carbocycles. The van der Waals surface area contributed by atoms with Crippen molar-refractivity contribution in [2.45, 2.75) is 19.9 Å². The first-order valence-corrected chi connectivity index (χ1v) is 13.3. The highest BCUT2D eigenvalue weighted by atomic mass is 16.6. The smallest absolute Gasteiger partial charge is 0.348 e. The van der Waals surface area contributed by atoms with Gasteiger partial charge >= 0.3 is 17.6 Å². The molecule has 0 aliphatic heterocycles. The fourth-order valence-electron chi connectivity index (χ4n) is 4.20. The van der Waals surface area contributed by atoms with Gasteiger partial charge in [0.05, 0.1) is 24.5 Å². The van der Waals surface area contributed by atoms with Crippen molar-refractivity contribution in [3.05, 3.63) is 99.7 Å². The number of nitrogens with zero attached hydrogens (tertiary/aromatic N) is 2. The van der Waals surface area contributed by atoms with Crippen LogP contribution in [0.25, 0.3) is 5.69 Å². The van der Waals surface area contributed by atoms with Gasteiger partial charge in [-0.3, -0.25) is 15.2 Å². The number of nitrogens with two attached hydrogens (primary N) is 1. The molecule has 43 heavy (non-hydrogen) atoms. The number of para-hydroxylation sites is 1. The van der Waals surface area contributed by atoms with Gasteiger partial charge in [0.15, 0.2) is 17.3 Å². The molecule has 13 heteroatoms. The van der Waals surface area contributed by atoms with E-state index >= 15 is 0 Å². The Hall–Kier alpha value is -5.43. The molecule has 1 aromatic heterocycles. The van der Waals surface area contributed by atoms with Gasteiger partial charge in [-0.05, 0) is 61.0 Å². The summed E-state index contributed by atoms with van der Waals surface area (Å²) in [5, 5.41) is 15.6. The summed E-state index contributed by atoms with van der Waals surface area (Å²) < 4.78 is 22.5. The lowest BCUT2D eigenvalue weighted by Gasteiger charge is -2.20. The molecule has 3 aromatic carbocycles. The molecule has 224 valence electrons. The van der Waals surface area contributed by atoms with E-state index in [4.69, 9.17) is 30.1 Å². The zero-order valence-electron chi connectivity index (χ0n) is 23.9. The number of amidine groups is 1. The second kappa shape index (κ2) is 14.0. The molecule has 1 heterocycles. The fraction of sp³-hybridized carbons (Fsp3) is 0.233. The molecule has 4 aromatic rings. The topological polar surface area (TPSA) is 184 Å². The van der Waals surface area contributed by atoms with Crippen LogP contribution in [0, 0.1) is 5.41 Å². The van der Waals surface area contributed by atoms with E-state index in [2.05, 4.69) is 15.4 Å². The highest BCUT2D eigenvalue weighted by Crippen LogP contribution is 2.34. The van der Waals surface area contributed by atoms with E-state index in [1.165, 1.54) is 12.1 Å². The number of H-pyrrole nitrogens is 1. The average Bonchev–Trinajstić information content (AvgIpc) is 3.37. The quantitative estimate of drug-likeness (QED) is 0.0595. The number of nitrogens with one attached hydrogen (secondary N) is 3. The summed E-state index contributed by atoms with van der Waals surface area (Å²) in [6.07, 6.45) is 0. The van der Waals surface area contributed by atoms with Gasteiger partial charge in [-0.1, -0.05) is 18.2 Å². The molecule has 1 atom stereocenters. The molecule has 13 nitrogen and oxygen atoms in total. The van der Waals surface area contributed by atoms with Crippen molar-refractivity contribution >= 4 is 23.5 Å². The van der Waals surface area contributed by atoms with Crippen molar-refractivity contribution in [1.82, 2.24) is 14.8 Å². The minimum Gasteiger partial charge on any atom is -0.490 e. The molecule has 1 unspecified atom stereocenters. The van der Waals surface area contributed by atoms with Crippen LogP contribution >= 0.6 is 0 Å². The van der Waals surface area contributed by atoms with Crippen molar-refractivity contribution in [1.29, 1.82) is 5.41 Å². The summed E-state index contributed by atoms with van der Waals surface area (Å²) in [4.78, 5) is 40.0. The average molecular weight is 589 g/mol. The number of benzene rings is 3. The SMILES string of the molecule is CCOc1cc(C(Nc2ccc(C(=N)N)cc2)c2nn(-c3ccccc3C(=O)OC(C)=O)c(=O)[nH]2)ccc1OCCOC. The van der Waals surface area contributed by atoms with Gasteiger partial charge in [0.2, 0.25) is 0 Å². The van der Waals surface area contributed by atoms with E-state index in [0.29, 0.717) is 48.1 Å². The Morgan fingerprint density at radius 2 is 1.79 bits per heavy atom. The van der Waals surface area contributed by atoms with E-state index in [9.17, 15) is 14.4 Å². The largest absolute Gasteiger partial charge is 0.490 e. The van der Waals surface area contributed by atoms with Crippen LogP contribution in [-0.2, 0) is 14.3 Å². The molecule has 0 radical (unpaired) electrons. The summed E-state index contributed by atoms with van der Waals surface area (Å²) in [7, 11) is 1.58. The Bertz CT molecular complexity index is 1660. The molecule has 0 aliphatic carbocycles. The molecule has 0 amide bonds. The van der Waals surface area contributed by atoms with Crippen LogP contribution in [0.15, 0.2) is 71.5 Å². The maximum absolute atomic E-state index is 13.2. The summed E-state index contributed by atoms with van der Waals surface area (Å²) in [6.45, 7) is 4.07. The number of nitrogen functional groups attached to an aromatic ring is 1. The van der Waals surface area contributed by atoms with E-state index < -0.39 is 23.7 Å². The number of anilines is 1. The van der Waals surface area contributed by atoms with Gasteiger partial charge in [-0.15, -0.1) is 5.10 Å². The normalized spacial score (nSPS) is 11.4. The van der Waals surface area contributed by atoms with E-state index in [-0.39, 0.29) is 22.9 Å². The first-order chi connectivity index (χ1) is 20.7. The van der Waals surface area contributed by atoms with Crippen LogP contribution in [0.4, 0.5) is 5.69 Å². The number of esters is 2. The Labute approximate surface area is 247 Å². The summed E-state index contributed by atoms with van der Waals surface area (Å²) in [6, 6.07) is 17.7. The number of carbonyl (C=O) groups is 2. The van der Waals surface area contributed by atoms with Gasteiger partial charge in [0, 0.05) is 25.3 Å². The third-order valence-electron chi connectivity index (χ3n) is 6.15. The van der Waals surface area contributed by atoms with Crippen molar-refractivity contribution in [3.8, 4) is 17.2 Å². The van der Waals surface area contributed by atoms with Gasteiger partial charge in [0.25, 0.3) is 0 Å². The second-order valence-electron chi connectivity index (χ2n) is 9.17. The van der Waals surface area contributed by atoms with Crippen LogP contribution in [-0.4, -0.2) is 59.5 Å². The number of methoxy groups -OCH3 is 1. The number of hydrogen-bond donors (Lipinski definition) is 4. The molecular formula is C30H32N6O7. The first-order valence-electron chi connectivity index (χ1n) is 13.3. The number of rotatable bonds is 13. The van der Waals surface area contributed by atoms with E-state index in [1.807, 2.05) is 13.0 Å². The Morgan fingerprint density at radius 3 is 2.47 bits per heavy atom. The van der Waals surface area contributed by atoms with Crippen molar-refractivity contribution in [3.63, 3.8) is 0 Å². The van der Waals surface area contributed by atoms with Crippen LogP contribution in [0.5, 0.6) is 11.5 Å². The molecule has 0 bridgehead atoms. The molecule has 4 rings (SSSR count). The van der Waals surface area contributed by atoms with Crippen molar-refractivity contribution in [2.75, 3.05) is 32.2 Å². The first kappa shape index (κ1) is 30.5. The van der Waals surface area contributed by atoms with Crippen molar-refractivity contribution in [2.24, 2.45) is 5.73 Å². The predicted octanol–water partition coefficient (Wildman–Crippen LogP) is 3.17. The molecule has 0 fully saturated rings. The third kappa shape index (κ3) is 7.45. The van der Waals surface area contributed by atoms with Gasteiger partial charge in [0.1, 0.15) is 18.5 Å². The number of aromatic amines is 1. The Balaban J connectivity index is 1.79. The molecule has 0 spiro atoms. The van der Waals surface area contributed by atoms with Crippen LogP contribution < -0.4 is 26.2 Å². The molecule has 5 N–H and O–H groups in total. The van der Waals surface area contributed by atoms with Crippen molar-refractivity contribution < 1.29 is 28.5 Å². The highest BCUT2D eigenvalue weighted by molar-refractivity contribution is 5.99. The predicted molar refractivity (Wildman–Crippen MR) is 158 cm³/mol. The zero-order valence-corrected chi connectivity index (χ0v) is 23.9. The third-order valence-corrected chi connectivity index (χ3v) is 6.15. The van der Waals surface area contributed by atoms with Gasteiger partial charge in [-0.25, -0.2) is 9.59 Å². The zero-order chi connectivity index (χ0) is 30.9. The fourth-order valence-corrected chi connectivity index (χ4v) is 4.20. The maximum atomic E-state index is 13.2. The Morgan fingerprint density at radius 1 is 1.05 bits per heavy atom. The van der Waals surface area contributed by atoms with E-state index in [1.54, 1.807) is 55.6 Å². The second-order valence-corrected chi connectivity index (χ2v) is 9.17. The number of hydrogen-bond acceptors (Lipinski definition) is 10. The minimum atomic E-state index is -0.912. The molecule has 0 saturated heterocycles. The Kier molecular flexibility index (Phi) is 9.91. The lowest BCUT2D eigenvalue weighted by molar-refractivity contribution is -0.135. The highest BCUT2D eigenvalue weighted by Gasteiger charge is 2.24. The lowest BCUT2D eigenvalue weighted by atomic mass is 10.0. The monoisotopic (exact) mass is 588 g/mol. The van der Waals surface area contributed by atoms with Gasteiger partial charge in [-0.2, -0.15) is 4.68 Å². The minimum absolute atomic E-state index is 0.0154. The molecule has 0 aliphatic rings. The molecular weight excluding hydrogens is 556 g/mol.